The Morgan fingerprint density at radius 3 is 2.31 bits per heavy atom. The third kappa shape index (κ3) is 2.46. The van der Waals surface area contributed by atoms with Crippen molar-refractivity contribution in [3.05, 3.63) is 28.6 Å². The second-order valence-electron chi connectivity index (χ2n) is 3.16. The third-order valence-corrected chi connectivity index (χ3v) is 2.03. The summed E-state index contributed by atoms with van der Waals surface area (Å²) in [6.45, 7) is 0.878. The van der Waals surface area contributed by atoms with Crippen molar-refractivity contribution in [1.82, 2.24) is 4.98 Å². The molecule has 7 heteroatoms. The van der Waals surface area contributed by atoms with Gasteiger partial charge in [0.2, 0.25) is 0 Å². The summed E-state index contributed by atoms with van der Waals surface area (Å²) in [6, 6.07) is 0.564. The van der Waals surface area contributed by atoms with E-state index >= 15 is 0 Å². The van der Waals surface area contributed by atoms with Crippen LogP contribution in [0.2, 0.25) is 0 Å². The molecule has 0 amide bonds. The molecule has 0 aliphatic rings. The predicted molar refractivity (Wildman–Crippen MR) is 46.8 cm³/mol. The summed E-state index contributed by atoms with van der Waals surface area (Å²) in [7, 11) is 0. The summed E-state index contributed by atoms with van der Waals surface area (Å²) in [5.41, 5.74) is 2.29. The number of halogens is 5. The fraction of sp³-hybridized carbons (Fsp3) is 0.444. The fourth-order valence-electron chi connectivity index (χ4n) is 1.36. The first-order chi connectivity index (χ1) is 7.27. The molecule has 1 aromatic heterocycles. The highest BCUT2D eigenvalue weighted by Gasteiger charge is 2.37. The Hall–Kier alpha value is -1.24. The molecule has 0 unspecified atom stereocenters. The molecule has 1 aromatic rings. The highest BCUT2D eigenvalue weighted by Crippen LogP contribution is 2.37. The summed E-state index contributed by atoms with van der Waals surface area (Å²) >= 11 is 0. The number of rotatable bonds is 2. The average molecular weight is 240 g/mol. The van der Waals surface area contributed by atoms with Crippen LogP contribution in [0.5, 0.6) is 0 Å². The zero-order chi connectivity index (χ0) is 12.5. The van der Waals surface area contributed by atoms with Crippen LogP contribution in [0, 0.1) is 6.92 Å². The number of alkyl halides is 5. The highest BCUT2D eigenvalue weighted by molar-refractivity contribution is 5.35. The number of hydrogen-bond acceptors (Lipinski definition) is 2. The number of nitrogens with two attached hydrogens (primary N) is 1. The van der Waals surface area contributed by atoms with Gasteiger partial charge in [-0.15, -0.1) is 0 Å². The largest absolute Gasteiger partial charge is 0.417 e. The maximum Gasteiger partial charge on any atom is 0.417 e. The number of nitrogens with zero attached hydrogens (tertiary/aromatic N) is 1. The standard InChI is InChI=1S/C9H9F5N2/c1-4-7(8(10)11)6(9(12,13)14)2-5(3-15)16-4/h2,8H,3,15H2,1H3. The van der Waals surface area contributed by atoms with Gasteiger partial charge in [-0.1, -0.05) is 0 Å². The topological polar surface area (TPSA) is 38.9 Å². The number of aromatic nitrogens is 1. The molecular weight excluding hydrogens is 231 g/mol. The van der Waals surface area contributed by atoms with Gasteiger partial charge in [-0.25, -0.2) is 8.78 Å². The lowest BCUT2D eigenvalue weighted by Crippen LogP contribution is -2.14. The van der Waals surface area contributed by atoms with Gasteiger partial charge in [0.1, 0.15) is 0 Å². The number of hydrogen-bond donors (Lipinski definition) is 1. The van der Waals surface area contributed by atoms with Crippen molar-refractivity contribution in [2.24, 2.45) is 5.73 Å². The van der Waals surface area contributed by atoms with Crippen molar-refractivity contribution < 1.29 is 22.0 Å². The van der Waals surface area contributed by atoms with Gasteiger partial charge in [-0.3, -0.25) is 4.98 Å². The predicted octanol–water partition coefficient (Wildman–Crippen LogP) is 2.81. The molecule has 0 aromatic carbocycles. The first kappa shape index (κ1) is 12.8. The Labute approximate surface area is 88.3 Å². The molecule has 0 aliphatic heterocycles. The van der Waals surface area contributed by atoms with E-state index in [-0.39, 0.29) is 17.9 Å². The molecule has 2 nitrogen and oxygen atoms in total. The van der Waals surface area contributed by atoms with Gasteiger partial charge < -0.3 is 5.73 Å². The van der Waals surface area contributed by atoms with Crippen LogP contribution in [0.25, 0.3) is 0 Å². The summed E-state index contributed by atoms with van der Waals surface area (Å²) < 4.78 is 62.5. The monoisotopic (exact) mass is 240 g/mol. The lowest BCUT2D eigenvalue weighted by molar-refractivity contribution is -0.139. The fourth-order valence-corrected chi connectivity index (χ4v) is 1.36. The SMILES string of the molecule is Cc1nc(CN)cc(C(F)(F)F)c1C(F)F. The van der Waals surface area contributed by atoms with E-state index in [2.05, 4.69) is 4.98 Å². The van der Waals surface area contributed by atoms with Crippen LogP contribution in [-0.2, 0) is 12.7 Å². The molecule has 2 N–H and O–H groups in total. The van der Waals surface area contributed by atoms with E-state index in [1.54, 1.807) is 0 Å². The minimum absolute atomic E-state index is 0.0609. The van der Waals surface area contributed by atoms with E-state index in [0.29, 0.717) is 6.07 Å². The molecule has 0 aliphatic carbocycles. The van der Waals surface area contributed by atoms with Gasteiger partial charge in [0.15, 0.2) is 0 Å². The lowest BCUT2D eigenvalue weighted by Gasteiger charge is -2.15. The van der Waals surface area contributed by atoms with Crippen LogP contribution in [0.15, 0.2) is 6.07 Å². The molecule has 0 saturated heterocycles. The summed E-state index contributed by atoms with van der Waals surface area (Å²) in [5, 5.41) is 0. The van der Waals surface area contributed by atoms with E-state index < -0.39 is 23.7 Å². The Bertz CT molecular complexity index is 386. The molecular formula is C9H9F5N2. The Morgan fingerprint density at radius 2 is 1.94 bits per heavy atom. The molecule has 0 spiro atoms. The van der Waals surface area contributed by atoms with Gasteiger partial charge in [-0.05, 0) is 13.0 Å². The van der Waals surface area contributed by atoms with Crippen LogP contribution in [0.1, 0.15) is 28.9 Å². The van der Waals surface area contributed by atoms with E-state index in [9.17, 15) is 22.0 Å². The molecule has 0 atom stereocenters. The maximum absolute atomic E-state index is 12.5. The molecule has 90 valence electrons. The summed E-state index contributed by atoms with van der Waals surface area (Å²) in [6.07, 6.45) is -8.04. The minimum atomic E-state index is -4.83. The van der Waals surface area contributed by atoms with E-state index in [1.165, 1.54) is 0 Å². The smallest absolute Gasteiger partial charge is 0.325 e. The average Bonchev–Trinajstić information content (AvgIpc) is 2.14. The van der Waals surface area contributed by atoms with Crippen molar-refractivity contribution in [3.63, 3.8) is 0 Å². The quantitative estimate of drug-likeness (QED) is 0.807. The molecule has 1 rings (SSSR count). The molecule has 0 fully saturated rings. The zero-order valence-electron chi connectivity index (χ0n) is 8.28. The Balaban J connectivity index is 3.47. The summed E-state index contributed by atoms with van der Waals surface area (Å²) in [4.78, 5) is 3.58. The second-order valence-corrected chi connectivity index (χ2v) is 3.16. The van der Waals surface area contributed by atoms with Gasteiger partial charge in [0.25, 0.3) is 6.43 Å². The zero-order valence-corrected chi connectivity index (χ0v) is 8.28. The molecule has 16 heavy (non-hydrogen) atoms. The number of pyridine rings is 1. The number of aryl methyl sites for hydroxylation is 1. The minimum Gasteiger partial charge on any atom is -0.325 e. The van der Waals surface area contributed by atoms with E-state index in [0.717, 1.165) is 6.92 Å². The van der Waals surface area contributed by atoms with Gasteiger partial charge in [0.05, 0.1) is 16.8 Å². The second kappa shape index (κ2) is 4.32. The third-order valence-electron chi connectivity index (χ3n) is 2.03. The molecule has 0 radical (unpaired) electrons. The first-order valence-electron chi connectivity index (χ1n) is 4.33. The van der Waals surface area contributed by atoms with Gasteiger partial charge in [-0.2, -0.15) is 13.2 Å². The van der Waals surface area contributed by atoms with Crippen molar-refractivity contribution in [2.75, 3.05) is 0 Å². The highest BCUT2D eigenvalue weighted by atomic mass is 19.4. The van der Waals surface area contributed by atoms with E-state index in [4.69, 9.17) is 5.73 Å². The van der Waals surface area contributed by atoms with Crippen LogP contribution < -0.4 is 5.73 Å². The van der Waals surface area contributed by atoms with E-state index in [1.807, 2.05) is 0 Å². The molecule has 0 bridgehead atoms. The first-order valence-corrected chi connectivity index (χ1v) is 4.33. The normalized spacial score (nSPS) is 12.2. The van der Waals surface area contributed by atoms with Crippen molar-refractivity contribution in [2.45, 2.75) is 26.1 Å². The van der Waals surface area contributed by atoms with Gasteiger partial charge >= 0.3 is 6.18 Å². The summed E-state index contributed by atoms with van der Waals surface area (Å²) in [5.74, 6) is 0. The molecule has 1 heterocycles. The lowest BCUT2D eigenvalue weighted by atomic mass is 10.1. The van der Waals surface area contributed by atoms with Crippen molar-refractivity contribution in [1.29, 1.82) is 0 Å². The van der Waals surface area contributed by atoms with Crippen LogP contribution >= 0.6 is 0 Å². The van der Waals surface area contributed by atoms with Crippen LogP contribution in [0.4, 0.5) is 22.0 Å². The van der Waals surface area contributed by atoms with Gasteiger partial charge in [0, 0.05) is 12.2 Å². The van der Waals surface area contributed by atoms with Crippen molar-refractivity contribution >= 4 is 0 Å². The molecule has 0 saturated carbocycles. The van der Waals surface area contributed by atoms with Crippen LogP contribution in [0.3, 0.4) is 0 Å². The maximum atomic E-state index is 12.5. The van der Waals surface area contributed by atoms with Crippen LogP contribution in [-0.4, -0.2) is 4.98 Å². The van der Waals surface area contributed by atoms with Crippen molar-refractivity contribution in [3.8, 4) is 0 Å². The Morgan fingerprint density at radius 1 is 1.38 bits per heavy atom. The Kier molecular flexibility index (Phi) is 3.47.